The lowest BCUT2D eigenvalue weighted by atomic mass is 10.2. The molecule has 0 saturated carbocycles. The maximum atomic E-state index is 12.6. The summed E-state index contributed by atoms with van der Waals surface area (Å²) in [4.78, 5) is 17.9. The molecule has 0 amide bonds. The smallest absolute Gasteiger partial charge is 0.337 e. The number of benzene rings is 2. The minimum absolute atomic E-state index is 0.0743. The number of oxazole rings is 1. The van der Waals surface area contributed by atoms with Crippen molar-refractivity contribution in [2.24, 2.45) is 0 Å². The Bertz CT molecular complexity index is 1090. The van der Waals surface area contributed by atoms with E-state index in [0.29, 0.717) is 18.9 Å². The van der Waals surface area contributed by atoms with Crippen molar-refractivity contribution in [1.82, 2.24) is 4.98 Å². The Morgan fingerprint density at radius 1 is 1.00 bits per heavy atom. The molecular weight excluding hydrogens is 416 g/mol. The van der Waals surface area contributed by atoms with Crippen molar-refractivity contribution in [3.8, 4) is 0 Å². The number of hydrogen-bond acceptors (Lipinski definition) is 6. The second-order valence-corrected chi connectivity index (χ2v) is 9.56. The van der Waals surface area contributed by atoms with E-state index in [1.54, 1.807) is 6.07 Å². The number of para-hydroxylation sites is 2. The number of aromatic carboxylic acids is 1. The Kier molecular flexibility index (Phi) is 7.68. The van der Waals surface area contributed by atoms with Crippen LogP contribution in [0.25, 0.3) is 11.1 Å². The molecule has 3 rings (SSSR count). The average Bonchev–Trinajstić information content (AvgIpc) is 3.19. The van der Waals surface area contributed by atoms with Crippen LogP contribution < -0.4 is 4.90 Å². The summed E-state index contributed by atoms with van der Waals surface area (Å²) < 4.78 is 31.1. The molecule has 3 aromatic rings. The van der Waals surface area contributed by atoms with Crippen LogP contribution in [0.3, 0.4) is 0 Å². The predicted molar refractivity (Wildman–Crippen MR) is 120 cm³/mol. The number of hydrogen-bond donors (Lipinski definition) is 1. The van der Waals surface area contributed by atoms with E-state index < -0.39 is 15.8 Å². The Morgan fingerprint density at radius 3 is 2.45 bits per heavy atom. The Morgan fingerprint density at radius 2 is 1.71 bits per heavy atom. The van der Waals surface area contributed by atoms with Crippen LogP contribution in [0.2, 0.25) is 0 Å². The van der Waals surface area contributed by atoms with Crippen molar-refractivity contribution in [1.29, 1.82) is 0 Å². The second-order valence-electron chi connectivity index (χ2n) is 7.49. The highest BCUT2D eigenvalue weighted by molar-refractivity contribution is 7.91. The van der Waals surface area contributed by atoms with Crippen LogP contribution in [-0.2, 0) is 9.84 Å². The van der Waals surface area contributed by atoms with Crippen molar-refractivity contribution in [2.45, 2.75) is 43.9 Å². The predicted octanol–water partition coefficient (Wildman–Crippen LogP) is 4.78. The van der Waals surface area contributed by atoms with Gasteiger partial charge >= 0.3 is 5.97 Å². The molecule has 0 radical (unpaired) electrons. The van der Waals surface area contributed by atoms with E-state index in [9.17, 15) is 18.3 Å². The molecule has 0 saturated heterocycles. The van der Waals surface area contributed by atoms with Gasteiger partial charge in [0.05, 0.1) is 16.2 Å². The number of unbranched alkanes of at least 4 members (excludes halogenated alkanes) is 3. The maximum Gasteiger partial charge on any atom is 0.337 e. The van der Waals surface area contributed by atoms with Gasteiger partial charge in [-0.2, -0.15) is 4.98 Å². The van der Waals surface area contributed by atoms with Crippen LogP contribution in [-0.4, -0.2) is 43.3 Å². The molecule has 2 aromatic carbocycles. The van der Waals surface area contributed by atoms with Gasteiger partial charge in [0, 0.05) is 13.1 Å². The fourth-order valence-corrected chi connectivity index (χ4v) is 5.02. The van der Waals surface area contributed by atoms with Crippen LogP contribution in [0.15, 0.2) is 57.8 Å². The van der Waals surface area contributed by atoms with Crippen LogP contribution in [0.1, 0.15) is 49.4 Å². The van der Waals surface area contributed by atoms with Gasteiger partial charge in [0.1, 0.15) is 5.52 Å². The Balaban J connectivity index is 1.57. The first-order valence-electron chi connectivity index (χ1n) is 10.6. The molecule has 1 heterocycles. The zero-order valence-corrected chi connectivity index (χ0v) is 18.5. The molecular formula is C23H28N2O5S. The van der Waals surface area contributed by atoms with Gasteiger partial charge in [0.2, 0.25) is 0 Å². The van der Waals surface area contributed by atoms with Crippen molar-refractivity contribution in [2.75, 3.05) is 23.7 Å². The van der Waals surface area contributed by atoms with Crippen LogP contribution >= 0.6 is 0 Å². The third-order valence-electron chi connectivity index (χ3n) is 5.13. The zero-order chi connectivity index (χ0) is 22.3. The van der Waals surface area contributed by atoms with Gasteiger partial charge in [-0.05, 0) is 43.5 Å². The van der Waals surface area contributed by atoms with Gasteiger partial charge in [-0.25, -0.2) is 13.2 Å². The van der Waals surface area contributed by atoms with Crippen molar-refractivity contribution in [3.63, 3.8) is 0 Å². The molecule has 0 unspecified atom stereocenters. The van der Waals surface area contributed by atoms with Crippen molar-refractivity contribution >= 4 is 32.9 Å². The summed E-state index contributed by atoms with van der Waals surface area (Å²) in [5.74, 6) is -1.31. The molecule has 1 aromatic heterocycles. The second kappa shape index (κ2) is 10.4. The molecule has 8 heteroatoms. The summed E-state index contributed by atoms with van der Waals surface area (Å²) in [5, 5.41) is 9.25. The number of rotatable bonds is 12. The van der Waals surface area contributed by atoms with Crippen LogP contribution in [0.5, 0.6) is 0 Å². The van der Waals surface area contributed by atoms with Gasteiger partial charge in [0.25, 0.3) is 6.01 Å². The van der Waals surface area contributed by atoms with E-state index in [-0.39, 0.29) is 16.2 Å². The first-order valence-corrected chi connectivity index (χ1v) is 12.2. The van der Waals surface area contributed by atoms with E-state index >= 15 is 0 Å². The van der Waals surface area contributed by atoms with Gasteiger partial charge in [-0.15, -0.1) is 0 Å². The summed E-state index contributed by atoms with van der Waals surface area (Å²) in [6.07, 6.45) is 4.03. The minimum atomic E-state index is -3.65. The summed E-state index contributed by atoms with van der Waals surface area (Å²) in [6.45, 7) is 3.68. The van der Waals surface area contributed by atoms with Crippen LogP contribution in [0, 0.1) is 0 Å². The molecule has 0 aliphatic heterocycles. The topological polar surface area (TPSA) is 101 Å². The SMILES string of the molecule is CCCCN(CCCCCS(=O)(=O)c1ccccc1C(=O)O)c1nc2ccccc2o1. The van der Waals surface area contributed by atoms with E-state index in [1.165, 1.54) is 18.2 Å². The lowest BCUT2D eigenvalue weighted by Gasteiger charge is -2.20. The standard InChI is InChI=1S/C23H28N2O5S/c1-2-3-15-25(23-24-19-12-6-7-13-20(19)30-23)16-9-4-10-17-31(28,29)21-14-8-5-11-18(21)22(26)27/h5-8,11-14H,2-4,9-10,15-17H2,1H3,(H,26,27). The van der Waals surface area contributed by atoms with E-state index in [4.69, 9.17) is 4.42 Å². The van der Waals surface area contributed by atoms with Gasteiger partial charge in [-0.3, -0.25) is 0 Å². The number of carboxylic acid groups (broad SMARTS) is 1. The number of aromatic nitrogens is 1. The monoisotopic (exact) mass is 444 g/mol. The van der Waals surface area contributed by atoms with Gasteiger partial charge < -0.3 is 14.4 Å². The number of carbonyl (C=O) groups is 1. The minimum Gasteiger partial charge on any atom is -0.478 e. The molecule has 0 spiro atoms. The summed E-state index contributed by atoms with van der Waals surface area (Å²) >= 11 is 0. The number of fused-ring (bicyclic) bond motifs is 1. The molecule has 0 bridgehead atoms. The molecule has 0 aliphatic carbocycles. The highest BCUT2D eigenvalue weighted by Gasteiger charge is 2.21. The third-order valence-corrected chi connectivity index (χ3v) is 6.98. The molecule has 166 valence electrons. The third kappa shape index (κ3) is 5.85. The van der Waals surface area contributed by atoms with Gasteiger partial charge in [-0.1, -0.05) is 44.0 Å². The fourth-order valence-electron chi connectivity index (χ4n) is 3.44. The Labute approximate surface area is 182 Å². The van der Waals surface area contributed by atoms with E-state index in [0.717, 1.165) is 43.5 Å². The number of carboxylic acids is 1. The lowest BCUT2D eigenvalue weighted by molar-refractivity contribution is 0.0692. The first kappa shape index (κ1) is 22.8. The molecule has 31 heavy (non-hydrogen) atoms. The maximum absolute atomic E-state index is 12.6. The number of sulfone groups is 1. The Hall–Kier alpha value is -2.87. The number of nitrogens with zero attached hydrogens (tertiary/aromatic N) is 2. The van der Waals surface area contributed by atoms with Crippen LogP contribution in [0.4, 0.5) is 6.01 Å². The first-order chi connectivity index (χ1) is 14.9. The molecule has 1 N–H and O–H groups in total. The highest BCUT2D eigenvalue weighted by Crippen LogP contribution is 2.23. The lowest BCUT2D eigenvalue weighted by Crippen LogP contribution is -2.26. The average molecular weight is 445 g/mol. The number of anilines is 1. The summed E-state index contributed by atoms with van der Waals surface area (Å²) in [7, 11) is -3.65. The largest absolute Gasteiger partial charge is 0.478 e. The molecule has 0 aliphatic rings. The van der Waals surface area contributed by atoms with E-state index in [1.807, 2.05) is 24.3 Å². The summed E-state index contributed by atoms with van der Waals surface area (Å²) in [6, 6.07) is 14.0. The fraction of sp³-hybridized carbons (Fsp3) is 0.391. The van der Waals surface area contributed by atoms with Crippen molar-refractivity contribution in [3.05, 3.63) is 54.1 Å². The quantitative estimate of drug-likeness (QED) is 0.401. The van der Waals surface area contributed by atoms with Gasteiger partial charge in [0.15, 0.2) is 15.4 Å². The highest BCUT2D eigenvalue weighted by atomic mass is 32.2. The molecule has 0 atom stereocenters. The van der Waals surface area contributed by atoms with Crippen molar-refractivity contribution < 1.29 is 22.7 Å². The zero-order valence-electron chi connectivity index (χ0n) is 17.7. The normalized spacial score (nSPS) is 11.6. The van der Waals surface area contributed by atoms with E-state index in [2.05, 4.69) is 16.8 Å². The molecule has 0 fully saturated rings. The molecule has 7 nitrogen and oxygen atoms in total. The summed E-state index contributed by atoms with van der Waals surface area (Å²) in [5.41, 5.74) is 1.40.